The van der Waals surface area contributed by atoms with Crippen molar-refractivity contribution in [3.8, 4) is 0 Å². The number of rotatable bonds is 7. The number of carbonyl (C=O) groups excluding carboxylic acids is 5. The minimum atomic E-state index is -1.34. The van der Waals surface area contributed by atoms with E-state index in [0.29, 0.717) is 0 Å². The SMILES string of the molecule is CC(=O)OC[C@H](OC(C)=O)[C@H]1O[C@H](Br)[C@@H](OC(C)=O)[C@@H](OC(C)=O)[C@@H]1OC(C)=O. The predicted molar refractivity (Wildman–Crippen MR) is 96.4 cm³/mol. The molecule has 1 heterocycles. The molecular weight excluding hydrogens is 460 g/mol. The summed E-state index contributed by atoms with van der Waals surface area (Å²) in [6.45, 7) is 5.23. The fourth-order valence-corrected chi connectivity index (χ4v) is 3.36. The fraction of sp³-hybridized carbons (Fsp3) is 0.706. The summed E-state index contributed by atoms with van der Waals surface area (Å²) in [5, 5.41) is -1.03. The fourth-order valence-electron chi connectivity index (χ4n) is 2.70. The van der Waals surface area contributed by atoms with Crippen LogP contribution in [0.3, 0.4) is 0 Å². The lowest BCUT2D eigenvalue weighted by Crippen LogP contribution is -2.63. The van der Waals surface area contributed by atoms with Gasteiger partial charge in [-0.05, 0) is 0 Å². The maximum Gasteiger partial charge on any atom is 0.303 e. The van der Waals surface area contributed by atoms with E-state index in [1.54, 1.807) is 0 Å². The Kier molecular flexibility index (Phi) is 9.50. The Bertz CT molecular complexity index is 649. The highest BCUT2D eigenvalue weighted by atomic mass is 79.9. The van der Waals surface area contributed by atoms with Crippen molar-refractivity contribution in [3.05, 3.63) is 0 Å². The molecule has 0 amide bonds. The third-order valence-electron chi connectivity index (χ3n) is 3.56. The number of carbonyl (C=O) groups is 5. The lowest BCUT2D eigenvalue weighted by molar-refractivity contribution is -0.249. The highest BCUT2D eigenvalue weighted by Crippen LogP contribution is 2.33. The van der Waals surface area contributed by atoms with E-state index in [-0.39, 0.29) is 0 Å². The summed E-state index contributed by atoms with van der Waals surface area (Å²) in [4.78, 5) is 57.5. The van der Waals surface area contributed by atoms with Crippen molar-refractivity contribution in [2.75, 3.05) is 6.61 Å². The third kappa shape index (κ3) is 7.97. The normalized spacial score (nSPS) is 27.2. The molecular formula is C17H23BrO11. The first kappa shape index (κ1) is 24.8. The van der Waals surface area contributed by atoms with Gasteiger partial charge >= 0.3 is 29.8 Å². The van der Waals surface area contributed by atoms with Gasteiger partial charge in [-0.1, -0.05) is 15.9 Å². The van der Waals surface area contributed by atoms with Crippen molar-refractivity contribution in [1.82, 2.24) is 0 Å². The van der Waals surface area contributed by atoms with Gasteiger partial charge in [0.1, 0.15) is 12.7 Å². The molecule has 0 aromatic heterocycles. The van der Waals surface area contributed by atoms with E-state index in [1.165, 1.54) is 0 Å². The molecule has 6 atom stereocenters. The van der Waals surface area contributed by atoms with Gasteiger partial charge in [0.2, 0.25) is 0 Å². The summed E-state index contributed by atoms with van der Waals surface area (Å²) in [7, 11) is 0. The Morgan fingerprint density at radius 3 is 1.69 bits per heavy atom. The number of hydrogen-bond donors (Lipinski definition) is 0. The van der Waals surface area contributed by atoms with Crippen LogP contribution in [0.1, 0.15) is 34.6 Å². The number of ether oxygens (including phenoxy) is 6. The van der Waals surface area contributed by atoms with Gasteiger partial charge in [-0.15, -0.1) is 0 Å². The molecule has 0 bridgehead atoms. The van der Waals surface area contributed by atoms with E-state index >= 15 is 0 Å². The van der Waals surface area contributed by atoms with Crippen LogP contribution in [0, 0.1) is 0 Å². The van der Waals surface area contributed by atoms with E-state index < -0.39 is 72.0 Å². The summed E-state index contributed by atoms with van der Waals surface area (Å²) in [5.74, 6) is -3.56. The van der Waals surface area contributed by atoms with E-state index in [2.05, 4.69) is 15.9 Å². The monoisotopic (exact) mass is 482 g/mol. The molecule has 11 nitrogen and oxygen atoms in total. The predicted octanol–water partition coefficient (Wildman–Crippen LogP) is 0.396. The average molecular weight is 483 g/mol. The molecule has 29 heavy (non-hydrogen) atoms. The second-order valence-corrected chi connectivity index (χ2v) is 7.03. The number of hydrogen-bond acceptors (Lipinski definition) is 11. The second kappa shape index (κ2) is 11.1. The quantitative estimate of drug-likeness (QED) is 0.282. The van der Waals surface area contributed by atoms with Crippen molar-refractivity contribution >= 4 is 45.8 Å². The first-order chi connectivity index (χ1) is 13.4. The van der Waals surface area contributed by atoms with E-state index in [1.807, 2.05) is 0 Å². The van der Waals surface area contributed by atoms with Gasteiger partial charge in [0.25, 0.3) is 0 Å². The summed E-state index contributed by atoms with van der Waals surface area (Å²) < 4.78 is 31.5. The zero-order valence-corrected chi connectivity index (χ0v) is 18.1. The number of alkyl halides is 1. The lowest BCUT2D eigenvalue weighted by Gasteiger charge is -2.44. The third-order valence-corrected chi connectivity index (χ3v) is 4.29. The highest BCUT2D eigenvalue weighted by Gasteiger charge is 2.54. The maximum atomic E-state index is 11.7. The van der Waals surface area contributed by atoms with Crippen LogP contribution in [0.5, 0.6) is 0 Å². The first-order valence-corrected chi connectivity index (χ1v) is 9.45. The number of halogens is 1. The summed E-state index contributed by atoms with van der Waals surface area (Å²) in [6.07, 6.45) is -6.24. The smallest absolute Gasteiger partial charge is 0.303 e. The van der Waals surface area contributed by atoms with Crippen LogP contribution >= 0.6 is 15.9 Å². The summed E-state index contributed by atoms with van der Waals surface area (Å²) in [5.41, 5.74) is 0. The molecule has 0 spiro atoms. The molecule has 0 unspecified atom stereocenters. The molecule has 1 fully saturated rings. The molecule has 164 valence electrons. The molecule has 1 rings (SSSR count). The largest absolute Gasteiger partial charge is 0.462 e. The van der Waals surface area contributed by atoms with Gasteiger partial charge < -0.3 is 28.4 Å². The number of esters is 5. The van der Waals surface area contributed by atoms with Crippen LogP contribution in [0.2, 0.25) is 0 Å². The minimum absolute atomic E-state index is 0.415. The zero-order chi connectivity index (χ0) is 22.3. The van der Waals surface area contributed by atoms with Crippen molar-refractivity contribution < 1.29 is 52.4 Å². The zero-order valence-electron chi connectivity index (χ0n) is 16.5. The van der Waals surface area contributed by atoms with Crippen molar-refractivity contribution in [3.63, 3.8) is 0 Å². The van der Waals surface area contributed by atoms with Crippen LogP contribution in [-0.2, 0) is 52.4 Å². The van der Waals surface area contributed by atoms with Gasteiger partial charge in [0.05, 0.1) is 0 Å². The van der Waals surface area contributed by atoms with Crippen LogP contribution in [-0.4, -0.2) is 72.0 Å². The Balaban J connectivity index is 3.34. The Hall–Kier alpha value is -2.21. The summed E-state index contributed by atoms with van der Waals surface area (Å²) in [6, 6.07) is 0. The summed E-state index contributed by atoms with van der Waals surface area (Å²) >= 11 is 3.18. The van der Waals surface area contributed by atoms with Gasteiger partial charge in [-0.25, -0.2) is 0 Å². The maximum absolute atomic E-state index is 11.7. The van der Waals surface area contributed by atoms with E-state index in [4.69, 9.17) is 28.4 Å². The topological polar surface area (TPSA) is 141 Å². The van der Waals surface area contributed by atoms with Gasteiger partial charge in [0.15, 0.2) is 29.4 Å². The van der Waals surface area contributed by atoms with E-state index in [0.717, 1.165) is 34.6 Å². The Morgan fingerprint density at radius 2 is 1.24 bits per heavy atom. The van der Waals surface area contributed by atoms with Gasteiger partial charge in [0, 0.05) is 34.6 Å². The van der Waals surface area contributed by atoms with Gasteiger partial charge in [-0.2, -0.15) is 0 Å². The highest BCUT2D eigenvalue weighted by molar-refractivity contribution is 9.09. The molecule has 0 radical (unpaired) electrons. The average Bonchev–Trinajstić information content (AvgIpc) is 2.55. The minimum Gasteiger partial charge on any atom is -0.462 e. The molecule has 1 aliphatic rings. The second-order valence-electron chi connectivity index (χ2n) is 6.12. The van der Waals surface area contributed by atoms with Crippen molar-refractivity contribution in [2.45, 2.75) is 70.2 Å². The molecule has 0 saturated carbocycles. The van der Waals surface area contributed by atoms with Crippen molar-refractivity contribution in [2.24, 2.45) is 0 Å². The molecule has 0 aliphatic carbocycles. The van der Waals surface area contributed by atoms with Crippen LogP contribution in [0.4, 0.5) is 0 Å². The molecule has 12 heteroatoms. The molecule has 0 aromatic carbocycles. The Morgan fingerprint density at radius 1 is 0.759 bits per heavy atom. The first-order valence-electron chi connectivity index (χ1n) is 8.54. The molecule has 0 aromatic rings. The van der Waals surface area contributed by atoms with E-state index in [9.17, 15) is 24.0 Å². The molecule has 0 N–H and O–H groups in total. The standard InChI is InChI=1S/C17H23BrO11/c1-7(19)24-6-12(25-8(2)20)13-14(26-9(3)21)15(27-10(4)22)16(17(18)29-13)28-11(5)23/h12-17H,6H2,1-5H3/t12-,13+,14+,15-,16-,17-/m0/s1. The molecule has 1 aliphatic heterocycles. The lowest BCUT2D eigenvalue weighted by atomic mass is 9.95. The Labute approximate surface area is 175 Å². The molecule has 1 saturated heterocycles. The van der Waals surface area contributed by atoms with Crippen molar-refractivity contribution in [1.29, 1.82) is 0 Å². The van der Waals surface area contributed by atoms with Gasteiger partial charge in [-0.3, -0.25) is 24.0 Å². The van der Waals surface area contributed by atoms with Crippen LogP contribution in [0.25, 0.3) is 0 Å². The van der Waals surface area contributed by atoms with Crippen LogP contribution < -0.4 is 0 Å². The van der Waals surface area contributed by atoms with Crippen LogP contribution in [0.15, 0.2) is 0 Å².